The maximum Gasteiger partial charge on any atom is 0.244 e. The van der Waals surface area contributed by atoms with Crippen molar-refractivity contribution in [3.05, 3.63) is 29.8 Å². The van der Waals surface area contributed by atoms with Gasteiger partial charge in [0.05, 0.1) is 18.8 Å². The molecule has 3 rings (SSSR count). The van der Waals surface area contributed by atoms with Crippen LogP contribution < -0.4 is 10.6 Å². The van der Waals surface area contributed by atoms with Crippen LogP contribution in [0.4, 0.5) is 5.69 Å². The summed E-state index contributed by atoms with van der Waals surface area (Å²) in [5, 5.41) is 6.45. The molecule has 2 aliphatic heterocycles. The smallest absolute Gasteiger partial charge is 0.244 e. The minimum absolute atomic E-state index is 0.0958. The van der Waals surface area contributed by atoms with E-state index in [1.54, 1.807) is 0 Å². The average molecular weight is 317 g/mol. The zero-order chi connectivity index (χ0) is 16.1. The number of nitrogens with one attached hydrogen (secondary N) is 2. The van der Waals surface area contributed by atoms with E-state index < -0.39 is 0 Å². The van der Waals surface area contributed by atoms with E-state index in [0.717, 1.165) is 64.3 Å². The Balaban J connectivity index is 1.57. The summed E-state index contributed by atoms with van der Waals surface area (Å²) in [7, 11) is 0. The molecule has 126 valence electrons. The van der Waals surface area contributed by atoms with E-state index in [2.05, 4.69) is 34.6 Å². The highest BCUT2D eigenvalue weighted by Gasteiger charge is 2.38. The average Bonchev–Trinajstić information content (AvgIpc) is 3.08. The number of nitrogens with zero attached hydrogens (tertiary/aromatic N) is 1. The van der Waals surface area contributed by atoms with Gasteiger partial charge in [0.25, 0.3) is 0 Å². The van der Waals surface area contributed by atoms with Crippen LogP contribution in [0.2, 0.25) is 0 Å². The normalized spacial score (nSPS) is 25.4. The van der Waals surface area contributed by atoms with Gasteiger partial charge in [-0.1, -0.05) is 19.1 Å². The number of ether oxygens (including phenoxy) is 1. The fourth-order valence-electron chi connectivity index (χ4n) is 3.42. The largest absolute Gasteiger partial charge is 0.379 e. The third kappa shape index (κ3) is 3.91. The van der Waals surface area contributed by atoms with Gasteiger partial charge in [-0.2, -0.15) is 0 Å². The zero-order valence-corrected chi connectivity index (χ0v) is 13.9. The first-order valence-electron chi connectivity index (χ1n) is 8.67. The van der Waals surface area contributed by atoms with Gasteiger partial charge >= 0.3 is 0 Å². The summed E-state index contributed by atoms with van der Waals surface area (Å²) in [5.41, 5.74) is 1.77. The van der Waals surface area contributed by atoms with E-state index in [1.165, 1.54) is 5.56 Å². The van der Waals surface area contributed by atoms with Crippen LogP contribution in [0.1, 0.15) is 31.7 Å². The number of amides is 1. The highest BCUT2D eigenvalue weighted by Crippen LogP contribution is 2.25. The Morgan fingerprint density at radius 3 is 2.65 bits per heavy atom. The van der Waals surface area contributed by atoms with Gasteiger partial charge in [0.1, 0.15) is 0 Å². The van der Waals surface area contributed by atoms with Gasteiger partial charge in [0, 0.05) is 25.3 Å². The molecule has 0 spiro atoms. The standard InChI is InChI=1S/C18H27N3O2/c1-2-18(8-3-9-19-18)17(22)20-16-6-4-15(5-7-16)14-21-10-12-23-13-11-21/h4-7,19H,2-3,8-14H2,1H3,(H,20,22). The first-order chi connectivity index (χ1) is 11.2. The maximum absolute atomic E-state index is 12.6. The second-order valence-corrected chi connectivity index (χ2v) is 6.51. The number of hydrogen-bond donors (Lipinski definition) is 2. The van der Waals surface area contributed by atoms with E-state index >= 15 is 0 Å². The van der Waals surface area contributed by atoms with Gasteiger partial charge in [-0.05, 0) is 43.5 Å². The summed E-state index contributed by atoms with van der Waals surface area (Å²) < 4.78 is 5.37. The molecule has 0 saturated carbocycles. The summed E-state index contributed by atoms with van der Waals surface area (Å²) in [5.74, 6) is 0.0958. The predicted molar refractivity (Wildman–Crippen MR) is 91.4 cm³/mol. The van der Waals surface area contributed by atoms with E-state index in [4.69, 9.17) is 4.74 Å². The molecule has 1 amide bonds. The van der Waals surface area contributed by atoms with Crippen LogP contribution in [0.25, 0.3) is 0 Å². The Morgan fingerprint density at radius 1 is 1.30 bits per heavy atom. The number of hydrogen-bond acceptors (Lipinski definition) is 4. The summed E-state index contributed by atoms with van der Waals surface area (Å²) in [6, 6.07) is 8.22. The number of benzene rings is 1. The van der Waals surface area contributed by atoms with Crippen molar-refractivity contribution in [1.82, 2.24) is 10.2 Å². The molecule has 2 saturated heterocycles. The van der Waals surface area contributed by atoms with Crippen LogP contribution in [0.3, 0.4) is 0 Å². The molecule has 0 bridgehead atoms. The quantitative estimate of drug-likeness (QED) is 0.872. The molecular weight excluding hydrogens is 290 g/mol. The topological polar surface area (TPSA) is 53.6 Å². The van der Waals surface area contributed by atoms with Crippen LogP contribution in [0, 0.1) is 0 Å². The highest BCUT2D eigenvalue weighted by molar-refractivity contribution is 5.98. The molecule has 2 heterocycles. The first kappa shape index (κ1) is 16.4. The molecular formula is C18H27N3O2. The Hall–Kier alpha value is -1.43. The van der Waals surface area contributed by atoms with E-state index in [0.29, 0.717) is 0 Å². The molecule has 0 radical (unpaired) electrons. The van der Waals surface area contributed by atoms with Crippen molar-refractivity contribution >= 4 is 11.6 Å². The minimum atomic E-state index is -0.382. The molecule has 0 aliphatic carbocycles. The Morgan fingerprint density at radius 2 is 2.04 bits per heavy atom. The van der Waals surface area contributed by atoms with Crippen molar-refractivity contribution in [3.63, 3.8) is 0 Å². The number of carbonyl (C=O) groups is 1. The van der Waals surface area contributed by atoms with Crippen molar-refractivity contribution < 1.29 is 9.53 Å². The van der Waals surface area contributed by atoms with Gasteiger partial charge in [-0.25, -0.2) is 0 Å². The molecule has 5 nitrogen and oxygen atoms in total. The monoisotopic (exact) mass is 317 g/mol. The lowest BCUT2D eigenvalue weighted by Gasteiger charge is -2.27. The lowest BCUT2D eigenvalue weighted by atomic mass is 9.93. The fraction of sp³-hybridized carbons (Fsp3) is 0.611. The van der Waals surface area contributed by atoms with E-state index in [1.807, 2.05) is 12.1 Å². The van der Waals surface area contributed by atoms with Gasteiger partial charge in [0.15, 0.2) is 0 Å². The number of rotatable bonds is 5. The van der Waals surface area contributed by atoms with Gasteiger partial charge in [-0.3, -0.25) is 9.69 Å². The third-order valence-corrected chi connectivity index (χ3v) is 5.00. The van der Waals surface area contributed by atoms with Crippen molar-refractivity contribution in [3.8, 4) is 0 Å². The summed E-state index contributed by atoms with van der Waals surface area (Å²) >= 11 is 0. The number of morpholine rings is 1. The SMILES string of the molecule is CCC1(C(=O)Nc2ccc(CN3CCOCC3)cc2)CCCN1. The summed E-state index contributed by atoms with van der Waals surface area (Å²) in [4.78, 5) is 15.0. The number of anilines is 1. The summed E-state index contributed by atoms with van der Waals surface area (Å²) in [6.07, 6.45) is 2.82. The van der Waals surface area contributed by atoms with Gasteiger partial charge < -0.3 is 15.4 Å². The first-order valence-corrected chi connectivity index (χ1v) is 8.67. The maximum atomic E-state index is 12.6. The van der Waals surface area contributed by atoms with Gasteiger partial charge in [-0.15, -0.1) is 0 Å². The molecule has 23 heavy (non-hydrogen) atoms. The minimum Gasteiger partial charge on any atom is -0.379 e. The van der Waals surface area contributed by atoms with Crippen LogP contribution in [0.15, 0.2) is 24.3 Å². The summed E-state index contributed by atoms with van der Waals surface area (Å²) in [6.45, 7) is 7.56. The predicted octanol–water partition coefficient (Wildman–Crippen LogP) is 1.99. The van der Waals surface area contributed by atoms with Crippen LogP contribution in [-0.4, -0.2) is 49.2 Å². The molecule has 1 atom stereocenters. The van der Waals surface area contributed by atoms with Crippen molar-refractivity contribution in [2.75, 3.05) is 38.2 Å². The molecule has 0 aromatic heterocycles. The molecule has 5 heteroatoms. The fourth-order valence-corrected chi connectivity index (χ4v) is 3.42. The molecule has 1 unspecified atom stereocenters. The highest BCUT2D eigenvalue weighted by atomic mass is 16.5. The van der Waals surface area contributed by atoms with Crippen molar-refractivity contribution in [1.29, 1.82) is 0 Å². The molecule has 2 aliphatic rings. The Labute approximate surface area is 138 Å². The second-order valence-electron chi connectivity index (χ2n) is 6.51. The van der Waals surface area contributed by atoms with Gasteiger partial charge in [0.2, 0.25) is 5.91 Å². The lowest BCUT2D eigenvalue weighted by Crippen LogP contribution is -2.50. The van der Waals surface area contributed by atoms with Crippen LogP contribution in [0.5, 0.6) is 0 Å². The number of carbonyl (C=O) groups excluding carboxylic acids is 1. The van der Waals surface area contributed by atoms with Crippen molar-refractivity contribution in [2.45, 2.75) is 38.3 Å². The van der Waals surface area contributed by atoms with E-state index in [-0.39, 0.29) is 11.4 Å². The molecule has 2 N–H and O–H groups in total. The van der Waals surface area contributed by atoms with Crippen LogP contribution in [-0.2, 0) is 16.1 Å². The molecule has 1 aromatic carbocycles. The van der Waals surface area contributed by atoms with Crippen molar-refractivity contribution in [2.24, 2.45) is 0 Å². The molecule has 1 aromatic rings. The van der Waals surface area contributed by atoms with E-state index in [9.17, 15) is 4.79 Å². The van der Waals surface area contributed by atoms with Crippen LogP contribution >= 0.6 is 0 Å². The lowest BCUT2D eigenvalue weighted by molar-refractivity contribution is -0.122. The third-order valence-electron chi connectivity index (χ3n) is 5.00. The Kier molecular flexibility index (Phi) is 5.30. The zero-order valence-electron chi connectivity index (χ0n) is 13.9. The second kappa shape index (κ2) is 7.43. The Bertz CT molecular complexity index is 518. The molecule has 2 fully saturated rings.